The zero-order valence-corrected chi connectivity index (χ0v) is 12.0. The molecule has 1 atom stereocenters. The SMILES string of the molecule is CC(c1ccccc1)n1nnc(CO)c1C(C)(C)C. The zero-order valence-electron chi connectivity index (χ0n) is 12.0. The molecule has 0 saturated heterocycles. The van der Waals surface area contributed by atoms with Crippen LogP contribution in [0.2, 0.25) is 0 Å². The lowest BCUT2D eigenvalue weighted by molar-refractivity contribution is 0.272. The van der Waals surface area contributed by atoms with Gasteiger partial charge in [0, 0.05) is 5.41 Å². The van der Waals surface area contributed by atoms with Crippen molar-refractivity contribution in [2.75, 3.05) is 0 Å². The quantitative estimate of drug-likeness (QED) is 0.922. The summed E-state index contributed by atoms with van der Waals surface area (Å²) >= 11 is 0. The van der Waals surface area contributed by atoms with E-state index in [0.29, 0.717) is 5.69 Å². The van der Waals surface area contributed by atoms with Crippen LogP contribution in [0, 0.1) is 0 Å². The van der Waals surface area contributed by atoms with Crippen LogP contribution < -0.4 is 0 Å². The molecule has 1 unspecified atom stereocenters. The number of rotatable bonds is 3. The second-order valence-electron chi connectivity index (χ2n) is 5.82. The molecule has 1 aromatic heterocycles. The molecule has 1 aromatic carbocycles. The van der Waals surface area contributed by atoms with Gasteiger partial charge in [-0.1, -0.05) is 56.3 Å². The normalized spacial score (nSPS) is 13.5. The van der Waals surface area contributed by atoms with E-state index in [0.717, 1.165) is 5.69 Å². The Bertz CT molecular complexity index is 540. The number of benzene rings is 1. The lowest BCUT2D eigenvalue weighted by Gasteiger charge is -2.24. The summed E-state index contributed by atoms with van der Waals surface area (Å²) < 4.78 is 1.92. The largest absolute Gasteiger partial charge is 0.390 e. The van der Waals surface area contributed by atoms with Gasteiger partial charge in [-0.05, 0) is 12.5 Å². The summed E-state index contributed by atoms with van der Waals surface area (Å²) in [4.78, 5) is 0. The smallest absolute Gasteiger partial charge is 0.112 e. The zero-order chi connectivity index (χ0) is 14.0. The van der Waals surface area contributed by atoms with Gasteiger partial charge in [-0.15, -0.1) is 5.10 Å². The standard InChI is InChI=1S/C15H21N3O/c1-11(12-8-6-5-7-9-12)18-14(15(2,3)4)13(10-19)16-17-18/h5-9,11,19H,10H2,1-4H3. The summed E-state index contributed by atoms with van der Waals surface area (Å²) in [5, 5.41) is 17.8. The fourth-order valence-electron chi connectivity index (χ4n) is 2.35. The van der Waals surface area contributed by atoms with Gasteiger partial charge in [0.2, 0.25) is 0 Å². The molecule has 0 bridgehead atoms. The van der Waals surface area contributed by atoms with Crippen LogP contribution in [0.25, 0.3) is 0 Å². The third-order valence-electron chi connectivity index (χ3n) is 3.27. The van der Waals surface area contributed by atoms with E-state index in [1.54, 1.807) is 0 Å². The van der Waals surface area contributed by atoms with Crippen molar-refractivity contribution < 1.29 is 5.11 Å². The van der Waals surface area contributed by atoms with Crippen LogP contribution in [-0.2, 0) is 12.0 Å². The number of nitrogens with zero attached hydrogens (tertiary/aromatic N) is 3. The third-order valence-corrected chi connectivity index (χ3v) is 3.27. The van der Waals surface area contributed by atoms with Crippen molar-refractivity contribution in [1.29, 1.82) is 0 Å². The maximum absolute atomic E-state index is 9.43. The molecule has 1 N–H and O–H groups in total. The molecule has 2 rings (SSSR count). The molecular weight excluding hydrogens is 238 g/mol. The molecule has 0 saturated carbocycles. The van der Waals surface area contributed by atoms with E-state index in [1.165, 1.54) is 5.56 Å². The van der Waals surface area contributed by atoms with Gasteiger partial charge < -0.3 is 5.11 Å². The summed E-state index contributed by atoms with van der Waals surface area (Å²) in [6.07, 6.45) is 0. The summed E-state index contributed by atoms with van der Waals surface area (Å²) in [5.41, 5.74) is 2.73. The van der Waals surface area contributed by atoms with Crippen molar-refractivity contribution in [2.24, 2.45) is 0 Å². The van der Waals surface area contributed by atoms with Gasteiger partial charge in [0.05, 0.1) is 18.3 Å². The lowest BCUT2D eigenvalue weighted by Crippen LogP contribution is -2.23. The maximum atomic E-state index is 9.43. The van der Waals surface area contributed by atoms with Gasteiger partial charge in [0.15, 0.2) is 0 Å². The number of hydrogen-bond acceptors (Lipinski definition) is 3. The molecular formula is C15H21N3O. The van der Waals surface area contributed by atoms with Gasteiger partial charge >= 0.3 is 0 Å². The minimum absolute atomic E-state index is 0.0753. The molecule has 1 heterocycles. The second-order valence-corrected chi connectivity index (χ2v) is 5.82. The lowest BCUT2D eigenvalue weighted by atomic mass is 9.90. The van der Waals surface area contributed by atoms with Crippen LogP contribution in [0.3, 0.4) is 0 Å². The topological polar surface area (TPSA) is 50.9 Å². The predicted octanol–water partition coefficient (Wildman–Crippen LogP) is 2.68. The average molecular weight is 259 g/mol. The van der Waals surface area contributed by atoms with Crippen molar-refractivity contribution in [3.8, 4) is 0 Å². The first-order chi connectivity index (χ1) is 8.95. The van der Waals surface area contributed by atoms with E-state index in [4.69, 9.17) is 0 Å². The molecule has 0 fully saturated rings. The first kappa shape index (κ1) is 13.7. The summed E-state index contributed by atoms with van der Waals surface area (Å²) in [6, 6.07) is 10.3. The predicted molar refractivity (Wildman–Crippen MR) is 74.9 cm³/mol. The highest BCUT2D eigenvalue weighted by molar-refractivity contribution is 5.24. The Morgan fingerprint density at radius 3 is 2.37 bits per heavy atom. The Kier molecular flexibility index (Phi) is 3.71. The van der Waals surface area contributed by atoms with E-state index in [1.807, 2.05) is 22.9 Å². The van der Waals surface area contributed by atoms with E-state index in [-0.39, 0.29) is 18.1 Å². The van der Waals surface area contributed by atoms with Crippen LogP contribution in [0.15, 0.2) is 30.3 Å². The molecule has 0 aliphatic rings. The van der Waals surface area contributed by atoms with Gasteiger partial charge in [-0.2, -0.15) is 0 Å². The fourth-order valence-corrected chi connectivity index (χ4v) is 2.35. The van der Waals surface area contributed by atoms with Crippen molar-refractivity contribution in [2.45, 2.75) is 45.8 Å². The second kappa shape index (κ2) is 5.13. The van der Waals surface area contributed by atoms with Gasteiger partial charge in [0.1, 0.15) is 5.69 Å². The summed E-state index contributed by atoms with van der Waals surface area (Å²) in [5.74, 6) is 0. The Balaban J connectivity index is 2.49. The Morgan fingerprint density at radius 1 is 1.21 bits per heavy atom. The summed E-state index contributed by atoms with van der Waals surface area (Å²) in [6.45, 7) is 8.35. The van der Waals surface area contributed by atoms with Crippen LogP contribution >= 0.6 is 0 Å². The van der Waals surface area contributed by atoms with E-state index < -0.39 is 0 Å². The number of hydrogen-bond donors (Lipinski definition) is 1. The molecule has 0 aliphatic heterocycles. The number of aromatic nitrogens is 3. The third kappa shape index (κ3) is 2.68. The molecule has 19 heavy (non-hydrogen) atoms. The highest BCUT2D eigenvalue weighted by Crippen LogP contribution is 2.29. The average Bonchev–Trinajstić information content (AvgIpc) is 2.82. The Hall–Kier alpha value is -1.68. The molecule has 102 valence electrons. The van der Waals surface area contributed by atoms with E-state index >= 15 is 0 Å². The van der Waals surface area contributed by atoms with Crippen molar-refractivity contribution in [3.63, 3.8) is 0 Å². The highest BCUT2D eigenvalue weighted by atomic mass is 16.3. The van der Waals surface area contributed by atoms with E-state index in [2.05, 4.69) is 50.1 Å². The number of aliphatic hydroxyl groups is 1. The monoisotopic (exact) mass is 259 g/mol. The first-order valence-corrected chi connectivity index (χ1v) is 6.55. The van der Waals surface area contributed by atoms with Crippen LogP contribution in [0.1, 0.15) is 50.7 Å². The van der Waals surface area contributed by atoms with Crippen molar-refractivity contribution in [3.05, 3.63) is 47.3 Å². The first-order valence-electron chi connectivity index (χ1n) is 6.55. The summed E-state index contributed by atoms with van der Waals surface area (Å²) in [7, 11) is 0. The van der Waals surface area contributed by atoms with E-state index in [9.17, 15) is 5.11 Å². The Labute approximate surface area is 114 Å². The fraction of sp³-hybridized carbons (Fsp3) is 0.467. The molecule has 0 radical (unpaired) electrons. The van der Waals surface area contributed by atoms with Crippen LogP contribution in [-0.4, -0.2) is 20.1 Å². The number of aliphatic hydroxyl groups excluding tert-OH is 1. The molecule has 0 amide bonds. The van der Waals surface area contributed by atoms with Crippen molar-refractivity contribution in [1.82, 2.24) is 15.0 Å². The molecule has 4 nitrogen and oxygen atoms in total. The minimum Gasteiger partial charge on any atom is -0.390 e. The van der Waals surface area contributed by atoms with Crippen LogP contribution in [0.4, 0.5) is 0 Å². The Morgan fingerprint density at radius 2 is 1.84 bits per heavy atom. The van der Waals surface area contributed by atoms with Crippen LogP contribution in [0.5, 0.6) is 0 Å². The molecule has 4 heteroatoms. The van der Waals surface area contributed by atoms with Gasteiger partial charge in [-0.25, -0.2) is 4.68 Å². The van der Waals surface area contributed by atoms with Gasteiger partial charge in [0.25, 0.3) is 0 Å². The van der Waals surface area contributed by atoms with Gasteiger partial charge in [-0.3, -0.25) is 0 Å². The molecule has 2 aromatic rings. The maximum Gasteiger partial charge on any atom is 0.112 e. The molecule has 0 spiro atoms. The minimum atomic E-state index is -0.107. The highest BCUT2D eigenvalue weighted by Gasteiger charge is 2.27. The van der Waals surface area contributed by atoms with Crippen molar-refractivity contribution >= 4 is 0 Å². The molecule has 0 aliphatic carbocycles.